The van der Waals surface area contributed by atoms with Gasteiger partial charge in [-0.2, -0.15) is 5.26 Å². The van der Waals surface area contributed by atoms with Gasteiger partial charge in [0.25, 0.3) is 5.56 Å². The quantitative estimate of drug-likeness (QED) is 0.893. The van der Waals surface area contributed by atoms with Crippen LogP contribution in [0.2, 0.25) is 0 Å². The Balaban J connectivity index is 2.60. The summed E-state index contributed by atoms with van der Waals surface area (Å²) < 4.78 is 6.36. The zero-order valence-corrected chi connectivity index (χ0v) is 11.3. The Kier molecular flexibility index (Phi) is 4.70. The minimum atomic E-state index is -0.555. The van der Waals surface area contributed by atoms with E-state index < -0.39 is 11.7 Å². The number of aromatic nitrogens is 1. The van der Waals surface area contributed by atoms with Crippen LogP contribution in [-0.2, 0) is 17.8 Å². The van der Waals surface area contributed by atoms with Crippen molar-refractivity contribution in [3.8, 4) is 6.07 Å². The van der Waals surface area contributed by atoms with E-state index in [1.54, 1.807) is 26.8 Å². The zero-order valence-electron chi connectivity index (χ0n) is 11.3. The maximum Gasteiger partial charge on any atom is 0.407 e. The lowest BCUT2D eigenvalue weighted by molar-refractivity contribution is 0.0523. The fourth-order valence-corrected chi connectivity index (χ4v) is 1.35. The summed E-state index contributed by atoms with van der Waals surface area (Å²) >= 11 is 0. The van der Waals surface area contributed by atoms with Crippen LogP contribution in [0.5, 0.6) is 0 Å². The number of hydrogen-bond acceptors (Lipinski definition) is 4. The Bertz CT molecular complexity index is 549. The average molecular weight is 263 g/mol. The molecule has 0 aromatic carbocycles. The van der Waals surface area contributed by atoms with E-state index in [0.717, 1.165) is 0 Å². The van der Waals surface area contributed by atoms with Gasteiger partial charge in [-0.1, -0.05) is 0 Å². The predicted molar refractivity (Wildman–Crippen MR) is 69.4 cm³/mol. The van der Waals surface area contributed by atoms with E-state index >= 15 is 0 Å². The Morgan fingerprint density at radius 2 is 2.21 bits per heavy atom. The molecule has 0 saturated heterocycles. The molecule has 0 spiro atoms. The maximum atomic E-state index is 11.6. The molecule has 1 N–H and O–H groups in total. The molecule has 1 rings (SSSR count). The fourth-order valence-electron chi connectivity index (χ4n) is 1.35. The van der Waals surface area contributed by atoms with Crippen LogP contribution in [0.3, 0.4) is 0 Å². The summed E-state index contributed by atoms with van der Waals surface area (Å²) in [7, 11) is 0. The summed E-state index contributed by atoms with van der Waals surface area (Å²) in [5.74, 6) is 0. The second-order valence-corrected chi connectivity index (χ2v) is 5.01. The summed E-state index contributed by atoms with van der Waals surface area (Å²) in [4.78, 5) is 23.0. The first-order chi connectivity index (χ1) is 8.81. The molecule has 0 saturated carbocycles. The van der Waals surface area contributed by atoms with E-state index in [0.29, 0.717) is 5.56 Å². The molecular weight excluding hydrogens is 246 g/mol. The highest BCUT2D eigenvalue weighted by Crippen LogP contribution is 2.06. The number of carbonyl (C=O) groups excluding carboxylic acids is 1. The van der Waals surface area contributed by atoms with Gasteiger partial charge in [-0.3, -0.25) is 4.79 Å². The molecule has 1 heterocycles. The van der Waals surface area contributed by atoms with Crippen molar-refractivity contribution in [2.45, 2.75) is 39.5 Å². The third-order valence-corrected chi connectivity index (χ3v) is 2.14. The van der Waals surface area contributed by atoms with Crippen molar-refractivity contribution in [2.75, 3.05) is 0 Å². The van der Waals surface area contributed by atoms with Crippen LogP contribution in [0.25, 0.3) is 0 Å². The smallest absolute Gasteiger partial charge is 0.407 e. The van der Waals surface area contributed by atoms with E-state index in [1.807, 2.05) is 6.07 Å². The molecule has 102 valence electrons. The Morgan fingerprint density at radius 3 is 2.74 bits per heavy atom. The van der Waals surface area contributed by atoms with Gasteiger partial charge in [-0.25, -0.2) is 4.79 Å². The highest BCUT2D eigenvalue weighted by molar-refractivity contribution is 5.67. The summed E-state index contributed by atoms with van der Waals surface area (Å²) in [6, 6.07) is 4.95. The van der Waals surface area contributed by atoms with E-state index in [4.69, 9.17) is 10.00 Å². The number of hydrogen-bond donors (Lipinski definition) is 1. The first kappa shape index (κ1) is 14.8. The molecule has 6 heteroatoms. The van der Waals surface area contributed by atoms with Gasteiger partial charge in [0.05, 0.1) is 6.07 Å². The van der Waals surface area contributed by atoms with Crippen molar-refractivity contribution in [3.63, 3.8) is 0 Å². The molecule has 0 radical (unpaired) electrons. The van der Waals surface area contributed by atoms with Crippen LogP contribution in [0.15, 0.2) is 23.1 Å². The molecule has 19 heavy (non-hydrogen) atoms. The molecule has 1 aromatic rings. The molecule has 6 nitrogen and oxygen atoms in total. The standard InChI is InChI=1S/C13H17N3O3/c1-13(2,3)19-12(18)15-9-10-4-6-16(7-5-14)11(17)8-10/h4,6,8H,7,9H2,1-3H3,(H,15,18). The third-order valence-electron chi connectivity index (χ3n) is 2.14. The third kappa shape index (κ3) is 5.25. The first-order valence-corrected chi connectivity index (χ1v) is 5.85. The highest BCUT2D eigenvalue weighted by atomic mass is 16.6. The molecule has 1 aromatic heterocycles. The van der Waals surface area contributed by atoms with Crippen molar-refractivity contribution in [1.29, 1.82) is 5.26 Å². The number of rotatable bonds is 3. The highest BCUT2D eigenvalue weighted by Gasteiger charge is 2.15. The van der Waals surface area contributed by atoms with Crippen molar-refractivity contribution in [1.82, 2.24) is 9.88 Å². The van der Waals surface area contributed by atoms with Gasteiger partial charge in [0.2, 0.25) is 0 Å². The molecule has 0 unspecified atom stereocenters. The van der Waals surface area contributed by atoms with E-state index in [9.17, 15) is 9.59 Å². The molecule has 0 aliphatic rings. The summed E-state index contributed by atoms with van der Waals surface area (Å²) in [6.45, 7) is 5.54. The molecule has 1 amide bonds. The monoisotopic (exact) mass is 263 g/mol. The van der Waals surface area contributed by atoms with Gasteiger partial charge in [-0.15, -0.1) is 0 Å². The molecule has 0 atom stereocenters. The number of nitrogens with one attached hydrogen (secondary N) is 1. The van der Waals surface area contributed by atoms with E-state index in [2.05, 4.69) is 5.32 Å². The van der Waals surface area contributed by atoms with Crippen molar-refractivity contribution >= 4 is 6.09 Å². The Hall–Kier alpha value is -2.29. The minimum Gasteiger partial charge on any atom is -0.444 e. The SMILES string of the molecule is CC(C)(C)OC(=O)NCc1ccn(CC#N)c(=O)c1. The summed E-state index contributed by atoms with van der Waals surface area (Å²) in [6.07, 6.45) is 0.992. The number of nitrogens with zero attached hydrogens (tertiary/aromatic N) is 2. The maximum absolute atomic E-state index is 11.6. The second-order valence-electron chi connectivity index (χ2n) is 5.01. The lowest BCUT2D eigenvalue weighted by Crippen LogP contribution is -2.32. The predicted octanol–water partition coefficient (Wildman–Crippen LogP) is 1.40. The van der Waals surface area contributed by atoms with Gasteiger partial charge >= 0.3 is 6.09 Å². The Morgan fingerprint density at radius 1 is 1.53 bits per heavy atom. The van der Waals surface area contributed by atoms with Crippen LogP contribution in [-0.4, -0.2) is 16.3 Å². The van der Waals surface area contributed by atoms with E-state index in [-0.39, 0.29) is 18.6 Å². The molecule has 0 bridgehead atoms. The molecule has 0 fully saturated rings. The number of ether oxygens (including phenoxy) is 1. The largest absolute Gasteiger partial charge is 0.444 e. The van der Waals surface area contributed by atoms with Crippen molar-refractivity contribution in [3.05, 3.63) is 34.2 Å². The second kappa shape index (κ2) is 6.05. The topological polar surface area (TPSA) is 84.1 Å². The average Bonchev–Trinajstić information content (AvgIpc) is 2.27. The number of alkyl carbamates (subject to hydrolysis) is 1. The van der Waals surface area contributed by atoms with Gasteiger partial charge < -0.3 is 14.6 Å². The van der Waals surface area contributed by atoms with E-state index in [1.165, 1.54) is 16.8 Å². The normalized spacial score (nSPS) is 10.6. The van der Waals surface area contributed by atoms with Crippen molar-refractivity contribution in [2.24, 2.45) is 0 Å². The van der Waals surface area contributed by atoms with Gasteiger partial charge in [0, 0.05) is 18.8 Å². The number of nitriles is 1. The van der Waals surface area contributed by atoms with Crippen molar-refractivity contribution < 1.29 is 9.53 Å². The zero-order chi connectivity index (χ0) is 14.5. The lowest BCUT2D eigenvalue weighted by atomic mass is 10.2. The minimum absolute atomic E-state index is 0.0125. The van der Waals surface area contributed by atoms with Crippen LogP contribution < -0.4 is 10.9 Å². The van der Waals surface area contributed by atoms with Gasteiger partial charge in [-0.05, 0) is 32.4 Å². The summed E-state index contributed by atoms with van der Waals surface area (Å²) in [5, 5.41) is 11.1. The lowest BCUT2D eigenvalue weighted by Gasteiger charge is -2.19. The van der Waals surface area contributed by atoms with Crippen LogP contribution in [0, 0.1) is 11.3 Å². The van der Waals surface area contributed by atoms with Crippen LogP contribution in [0.1, 0.15) is 26.3 Å². The first-order valence-electron chi connectivity index (χ1n) is 5.85. The molecular formula is C13H17N3O3. The number of carbonyl (C=O) groups is 1. The van der Waals surface area contributed by atoms with Gasteiger partial charge in [0.15, 0.2) is 0 Å². The number of amides is 1. The fraction of sp³-hybridized carbons (Fsp3) is 0.462. The molecule has 0 aliphatic heterocycles. The summed E-state index contributed by atoms with van der Waals surface area (Å²) in [5.41, 5.74) is -0.171. The number of pyridine rings is 1. The van der Waals surface area contributed by atoms with Crippen LogP contribution in [0.4, 0.5) is 4.79 Å². The molecule has 0 aliphatic carbocycles. The van der Waals surface area contributed by atoms with Crippen LogP contribution >= 0.6 is 0 Å². The Labute approximate surface area is 111 Å². The van der Waals surface area contributed by atoms with Gasteiger partial charge in [0.1, 0.15) is 12.1 Å².